The number of nitrogens with zero attached hydrogens (tertiary/aromatic N) is 1. The van der Waals surface area contributed by atoms with Gasteiger partial charge in [0.15, 0.2) is 5.70 Å². The van der Waals surface area contributed by atoms with Crippen LogP contribution in [0.4, 0.5) is 11.4 Å². The quantitative estimate of drug-likeness (QED) is 0.289. The lowest BCUT2D eigenvalue weighted by Gasteiger charge is -2.20. The second-order valence-electron chi connectivity index (χ2n) is 7.71. The van der Waals surface area contributed by atoms with Crippen molar-refractivity contribution in [1.29, 1.82) is 5.53 Å². The normalized spacial score (nSPS) is 11.9. The molecule has 0 unspecified atom stereocenters. The fourth-order valence-corrected chi connectivity index (χ4v) is 2.76. The minimum Gasteiger partial charge on any atom is -0.506 e. The minimum atomic E-state index is -0.627. The summed E-state index contributed by atoms with van der Waals surface area (Å²) in [6, 6.07) is 10.2. The molecule has 0 aliphatic carbocycles. The summed E-state index contributed by atoms with van der Waals surface area (Å²) in [4.78, 5) is 12.8. The van der Waals surface area contributed by atoms with Crippen molar-refractivity contribution in [3.05, 3.63) is 53.4 Å². The number of hydrogen-bond acceptors (Lipinski definition) is 7. The van der Waals surface area contributed by atoms with Gasteiger partial charge >= 0.3 is 0 Å². The lowest BCUT2D eigenvalue weighted by molar-refractivity contribution is -0.113. The first kappa shape index (κ1) is 22.7. The fourth-order valence-electron chi connectivity index (χ4n) is 2.76. The van der Waals surface area contributed by atoms with Gasteiger partial charge in [-0.2, -0.15) is 5.11 Å². The van der Waals surface area contributed by atoms with Gasteiger partial charge in [-0.05, 0) is 42.2 Å². The first-order valence-corrected chi connectivity index (χ1v) is 9.33. The van der Waals surface area contributed by atoms with Crippen LogP contribution in [0.5, 0.6) is 17.2 Å². The summed E-state index contributed by atoms with van der Waals surface area (Å²) < 4.78 is 10.5. The van der Waals surface area contributed by atoms with E-state index in [1.165, 1.54) is 13.2 Å². The van der Waals surface area contributed by atoms with E-state index < -0.39 is 5.91 Å². The number of allylic oxidation sites excluding steroid dienone is 1. The fraction of sp³-hybridized carbons (Fsp3) is 0.318. The molecule has 0 heterocycles. The van der Waals surface area contributed by atoms with Crippen LogP contribution in [0.2, 0.25) is 0 Å². The van der Waals surface area contributed by atoms with E-state index in [9.17, 15) is 9.90 Å². The number of phenols is 1. The molecule has 8 nitrogen and oxygen atoms in total. The van der Waals surface area contributed by atoms with Crippen molar-refractivity contribution in [3.63, 3.8) is 0 Å². The molecule has 2 aromatic carbocycles. The van der Waals surface area contributed by atoms with Crippen LogP contribution in [0.3, 0.4) is 0 Å². The Hall–Kier alpha value is -3.55. The van der Waals surface area contributed by atoms with E-state index in [0.29, 0.717) is 22.9 Å². The van der Waals surface area contributed by atoms with Crippen molar-refractivity contribution in [3.8, 4) is 17.2 Å². The molecule has 0 aliphatic heterocycles. The largest absolute Gasteiger partial charge is 0.506 e. The Morgan fingerprint density at radius 3 is 2.30 bits per heavy atom. The maximum Gasteiger partial charge on any atom is 0.278 e. The van der Waals surface area contributed by atoms with Crippen LogP contribution in [-0.4, -0.2) is 25.2 Å². The Balaban J connectivity index is 2.34. The van der Waals surface area contributed by atoms with Gasteiger partial charge in [0.25, 0.3) is 5.91 Å². The van der Waals surface area contributed by atoms with Gasteiger partial charge in [-0.15, -0.1) is 0 Å². The first-order valence-electron chi connectivity index (χ1n) is 9.33. The Morgan fingerprint density at radius 2 is 1.73 bits per heavy atom. The molecule has 2 rings (SSSR count). The van der Waals surface area contributed by atoms with E-state index in [-0.39, 0.29) is 22.5 Å². The standard InChI is InChI=1S/C22H28N4O4/c1-13(24-17-12-15(29-5)8-10-19(17)30-6)20(26-23)21(28)25-16-11-14(22(2,3)4)7-9-18(16)27/h7-12,23-24,27H,1-6H3,(H,25,28)/b20-13-,26-23?. The van der Waals surface area contributed by atoms with Gasteiger partial charge in [0.1, 0.15) is 17.2 Å². The molecular weight excluding hydrogens is 384 g/mol. The average molecular weight is 412 g/mol. The number of hydrogen-bond donors (Lipinski definition) is 4. The van der Waals surface area contributed by atoms with Crippen LogP contribution in [-0.2, 0) is 10.2 Å². The Bertz CT molecular complexity index is 978. The molecule has 0 aromatic heterocycles. The van der Waals surface area contributed by atoms with Gasteiger partial charge < -0.3 is 25.2 Å². The Kier molecular flexibility index (Phi) is 7.05. The first-order chi connectivity index (χ1) is 14.1. The number of phenolic OH excluding ortho intramolecular Hbond substituents is 1. The predicted molar refractivity (Wildman–Crippen MR) is 116 cm³/mol. The van der Waals surface area contributed by atoms with Crippen molar-refractivity contribution in [1.82, 2.24) is 0 Å². The maximum absolute atomic E-state index is 12.8. The second kappa shape index (κ2) is 9.30. The van der Waals surface area contributed by atoms with Gasteiger partial charge in [0.2, 0.25) is 0 Å². The number of amides is 1. The molecule has 30 heavy (non-hydrogen) atoms. The molecule has 2 aromatic rings. The molecule has 0 aliphatic rings. The minimum absolute atomic E-state index is 0.0687. The summed E-state index contributed by atoms with van der Waals surface area (Å²) in [5.41, 5.74) is 9.26. The van der Waals surface area contributed by atoms with Gasteiger partial charge in [-0.25, -0.2) is 5.53 Å². The summed E-state index contributed by atoms with van der Waals surface area (Å²) >= 11 is 0. The maximum atomic E-state index is 12.8. The van der Waals surface area contributed by atoms with Gasteiger partial charge in [-0.3, -0.25) is 4.79 Å². The molecule has 0 bridgehead atoms. The van der Waals surface area contributed by atoms with Gasteiger partial charge in [0.05, 0.1) is 25.6 Å². The monoisotopic (exact) mass is 412 g/mol. The van der Waals surface area contributed by atoms with Crippen LogP contribution < -0.4 is 20.1 Å². The van der Waals surface area contributed by atoms with E-state index >= 15 is 0 Å². The smallest absolute Gasteiger partial charge is 0.278 e. The van der Waals surface area contributed by atoms with Crippen LogP contribution >= 0.6 is 0 Å². The van der Waals surface area contributed by atoms with Crippen LogP contribution in [0.25, 0.3) is 0 Å². The van der Waals surface area contributed by atoms with Gasteiger partial charge in [-0.1, -0.05) is 26.8 Å². The number of ether oxygens (including phenoxy) is 2. The topological polar surface area (TPSA) is 116 Å². The summed E-state index contributed by atoms with van der Waals surface area (Å²) in [7, 11) is 3.07. The molecule has 0 spiro atoms. The number of anilines is 2. The summed E-state index contributed by atoms with van der Waals surface area (Å²) in [5, 5.41) is 19.2. The number of methoxy groups -OCH3 is 2. The van der Waals surface area contributed by atoms with Crippen molar-refractivity contribution in [2.24, 2.45) is 5.11 Å². The van der Waals surface area contributed by atoms with Crippen molar-refractivity contribution in [2.45, 2.75) is 33.1 Å². The van der Waals surface area contributed by atoms with Crippen LogP contribution in [0, 0.1) is 5.53 Å². The van der Waals surface area contributed by atoms with E-state index in [1.54, 1.807) is 44.4 Å². The van der Waals surface area contributed by atoms with Crippen molar-refractivity contribution < 1.29 is 19.4 Å². The van der Waals surface area contributed by atoms with Crippen molar-refractivity contribution in [2.75, 3.05) is 24.9 Å². The molecule has 0 radical (unpaired) electrons. The zero-order valence-corrected chi connectivity index (χ0v) is 18.1. The van der Waals surface area contributed by atoms with Crippen molar-refractivity contribution >= 4 is 17.3 Å². The van der Waals surface area contributed by atoms with E-state index in [0.717, 1.165) is 5.56 Å². The highest BCUT2D eigenvalue weighted by Gasteiger charge is 2.19. The van der Waals surface area contributed by atoms with Crippen LogP contribution in [0.15, 0.2) is 52.9 Å². The number of rotatable bonds is 7. The molecule has 0 saturated carbocycles. The van der Waals surface area contributed by atoms with E-state index in [2.05, 4.69) is 15.7 Å². The van der Waals surface area contributed by atoms with Gasteiger partial charge in [0, 0.05) is 11.8 Å². The molecular formula is C22H28N4O4. The SMILES string of the molecule is COc1ccc(OC)c(N/C(C)=C(\N=N)C(=O)Nc2cc(C(C)(C)C)ccc2O)c1. The zero-order valence-electron chi connectivity index (χ0n) is 18.1. The Labute approximate surface area is 176 Å². The molecule has 0 saturated heterocycles. The van der Waals surface area contributed by atoms with E-state index in [4.69, 9.17) is 15.0 Å². The van der Waals surface area contributed by atoms with Crippen LogP contribution in [0.1, 0.15) is 33.3 Å². The second-order valence-corrected chi connectivity index (χ2v) is 7.71. The lowest BCUT2D eigenvalue weighted by Crippen LogP contribution is -2.18. The molecule has 0 fully saturated rings. The predicted octanol–water partition coefficient (Wildman–Crippen LogP) is 5.02. The zero-order chi connectivity index (χ0) is 22.5. The summed E-state index contributed by atoms with van der Waals surface area (Å²) in [6.45, 7) is 7.72. The number of aromatic hydroxyl groups is 1. The molecule has 160 valence electrons. The molecule has 0 atom stereocenters. The third kappa shape index (κ3) is 5.28. The number of benzene rings is 2. The third-order valence-corrected chi connectivity index (χ3v) is 4.52. The highest BCUT2D eigenvalue weighted by atomic mass is 16.5. The number of carbonyl (C=O) groups is 1. The third-order valence-electron chi connectivity index (χ3n) is 4.52. The molecule has 4 N–H and O–H groups in total. The lowest BCUT2D eigenvalue weighted by atomic mass is 9.87. The highest BCUT2D eigenvalue weighted by Crippen LogP contribution is 2.32. The number of nitrogens with one attached hydrogen (secondary N) is 3. The number of carbonyl (C=O) groups excluding carboxylic acids is 1. The highest BCUT2D eigenvalue weighted by molar-refractivity contribution is 6.05. The summed E-state index contributed by atoms with van der Waals surface area (Å²) in [5.74, 6) is 0.443. The molecule has 8 heteroatoms. The molecule has 1 amide bonds. The van der Waals surface area contributed by atoms with E-state index in [1.807, 2.05) is 20.8 Å². The Morgan fingerprint density at radius 1 is 1.03 bits per heavy atom. The average Bonchev–Trinajstić information content (AvgIpc) is 2.69. The summed E-state index contributed by atoms with van der Waals surface area (Å²) in [6.07, 6.45) is 0.